The van der Waals surface area contributed by atoms with Crippen LogP contribution in [0.3, 0.4) is 0 Å². The lowest BCUT2D eigenvalue weighted by molar-refractivity contribution is -0.615. The zero-order valence-corrected chi connectivity index (χ0v) is 25.7. The summed E-state index contributed by atoms with van der Waals surface area (Å²) in [7, 11) is 0. The first-order chi connectivity index (χ1) is 20.6. The van der Waals surface area contributed by atoms with E-state index in [1.54, 1.807) is 12.4 Å². The number of hydrogen-bond acceptors (Lipinski definition) is 4. The third kappa shape index (κ3) is 6.11. The predicted octanol–water partition coefficient (Wildman–Crippen LogP) is 5.86. The van der Waals surface area contributed by atoms with Crippen molar-refractivity contribution < 1.29 is 14.3 Å². The lowest BCUT2D eigenvalue weighted by atomic mass is 9.90. The number of piperidine rings is 1. The van der Waals surface area contributed by atoms with Crippen molar-refractivity contribution in [2.45, 2.75) is 58.9 Å². The number of pyridine rings is 1. The standard InChI is InChI=1S/C34H38ClN5O3/c1-34(2,3)21-39-20-28-25(16-29(35)32-27(28)18-36-37-32)15-26(33(39)42)17-31(41)38-13-11-23(12-14-38)30-10-9-24(19-40(30)43)22-7-5-4-6-8-22/h4-10,16,18-19,23,26H,11-15,17,20-21H2,1-3H3,(H,36,37)/t26-/m0/s1. The normalized spacial score (nSPS) is 18.1. The van der Waals surface area contributed by atoms with E-state index in [1.807, 2.05) is 58.3 Å². The Morgan fingerprint density at radius 2 is 1.86 bits per heavy atom. The van der Waals surface area contributed by atoms with Gasteiger partial charge < -0.3 is 15.0 Å². The molecule has 1 atom stereocenters. The van der Waals surface area contributed by atoms with Crippen LogP contribution in [0.5, 0.6) is 0 Å². The Balaban J connectivity index is 1.16. The van der Waals surface area contributed by atoms with Crippen molar-refractivity contribution in [3.05, 3.63) is 88.0 Å². The highest BCUT2D eigenvalue weighted by Gasteiger charge is 2.36. The Kier molecular flexibility index (Phi) is 7.90. The Labute approximate surface area is 257 Å². The smallest absolute Gasteiger partial charge is 0.226 e. The van der Waals surface area contributed by atoms with Crippen molar-refractivity contribution in [2.24, 2.45) is 11.3 Å². The summed E-state index contributed by atoms with van der Waals surface area (Å²) in [5, 5.41) is 21.6. The van der Waals surface area contributed by atoms with Crippen LogP contribution in [0.1, 0.15) is 62.8 Å². The topological polar surface area (TPSA) is 96.2 Å². The van der Waals surface area contributed by atoms with E-state index in [0.29, 0.717) is 50.5 Å². The third-order valence-corrected chi connectivity index (χ3v) is 9.07. The van der Waals surface area contributed by atoms with Crippen LogP contribution >= 0.6 is 11.6 Å². The summed E-state index contributed by atoms with van der Waals surface area (Å²) in [4.78, 5) is 31.3. The highest BCUT2D eigenvalue weighted by Crippen LogP contribution is 2.36. The van der Waals surface area contributed by atoms with Crippen LogP contribution in [0, 0.1) is 16.5 Å². The van der Waals surface area contributed by atoms with Crippen molar-refractivity contribution >= 4 is 34.3 Å². The minimum Gasteiger partial charge on any atom is -0.618 e. The molecular formula is C34H38ClN5O3. The third-order valence-electron chi connectivity index (χ3n) is 8.77. The van der Waals surface area contributed by atoms with Crippen molar-refractivity contribution in [1.82, 2.24) is 20.0 Å². The summed E-state index contributed by atoms with van der Waals surface area (Å²) in [5.41, 5.74) is 5.35. The van der Waals surface area contributed by atoms with Gasteiger partial charge in [-0.1, -0.05) is 62.7 Å². The van der Waals surface area contributed by atoms with E-state index in [1.165, 1.54) is 0 Å². The van der Waals surface area contributed by atoms with Crippen molar-refractivity contribution in [3.63, 3.8) is 0 Å². The van der Waals surface area contributed by atoms with E-state index in [4.69, 9.17) is 11.6 Å². The summed E-state index contributed by atoms with van der Waals surface area (Å²) in [6.45, 7) is 8.53. The maximum atomic E-state index is 13.9. The Bertz CT molecular complexity index is 1650. The molecule has 0 unspecified atom stereocenters. The number of amides is 2. The van der Waals surface area contributed by atoms with Crippen LogP contribution in [-0.4, -0.2) is 51.4 Å². The lowest BCUT2D eigenvalue weighted by Crippen LogP contribution is -2.44. The van der Waals surface area contributed by atoms with E-state index in [0.717, 1.165) is 43.6 Å². The summed E-state index contributed by atoms with van der Waals surface area (Å²) in [6.07, 6.45) is 5.45. The largest absolute Gasteiger partial charge is 0.618 e. The van der Waals surface area contributed by atoms with Crippen molar-refractivity contribution in [1.29, 1.82) is 0 Å². The zero-order valence-electron chi connectivity index (χ0n) is 25.0. The molecule has 0 spiro atoms. The fourth-order valence-corrected chi connectivity index (χ4v) is 6.95. The molecule has 6 rings (SSSR count). The van der Waals surface area contributed by atoms with Crippen LogP contribution in [-0.2, 0) is 22.6 Å². The molecule has 0 bridgehead atoms. The van der Waals surface area contributed by atoms with E-state index < -0.39 is 5.92 Å². The number of halogens is 1. The van der Waals surface area contributed by atoms with Gasteiger partial charge in [0.25, 0.3) is 0 Å². The minimum absolute atomic E-state index is 0.00744. The molecule has 2 aromatic carbocycles. The molecule has 2 aromatic heterocycles. The van der Waals surface area contributed by atoms with Gasteiger partial charge in [0.1, 0.15) is 0 Å². The van der Waals surface area contributed by atoms with Gasteiger partial charge in [-0.05, 0) is 53.5 Å². The molecule has 1 N–H and O–H groups in total. The number of H-pyrrole nitrogens is 1. The maximum Gasteiger partial charge on any atom is 0.226 e. The molecule has 0 radical (unpaired) electrons. The quantitative estimate of drug-likeness (QED) is 0.230. The van der Waals surface area contributed by atoms with Crippen LogP contribution in [0.15, 0.2) is 60.9 Å². The van der Waals surface area contributed by atoms with E-state index in [-0.39, 0.29) is 29.6 Å². The Morgan fingerprint density at radius 1 is 1.12 bits per heavy atom. The first-order valence-electron chi connectivity index (χ1n) is 15.1. The summed E-state index contributed by atoms with van der Waals surface area (Å²) >= 11 is 6.59. The first kappa shape index (κ1) is 29.2. The molecule has 4 heterocycles. The van der Waals surface area contributed by atoms with Gasteiger partial charge in [-0.2, -0.15) is 9.83 Å². The van der Waals surface area contributed by atoms with Crippen LogP contribution in [0.4, 0.5) is 0 Å². The maximum absolute atomic E-state index is 13.9. The van der Waals surface area contributed by atoms with E-state index in [9.17, 15) is 14.8 Å². The predicted molar refractivity (Wildman–Crippen MR) is 167 cm³/mol. The second-order valence-electron chi connectivity index (χ2n) is 13.2. The Hall–Kier alpha value is -3.91. The van der Waals surface area contributed by atoms with Crippen LogP contribution in [0.25, 0.3) is 22.0 Å². The second-order valence-corrected chi connectivity index (χ2v) is 13.6. The van der Waals surface area contributed by atoms with Gasteiger partial charge in [0.2, 0.25) is 11.8 Å². The molecule has 0 aliphatic carbocycles. The number of nitrogens with one attached hydrogen (secondary N) is 1. The number of fused-ring (bicyclic) bond motifs is 3. The van der Waals surface area contributed by atoms with Crippen LogP contribution < -0.4 is 4.73 Å². The second kappa shape index (κ2) is 11.6. The van der Waals surface area contributed by atoms with Crippen molar-refractivity contribution in [2.75, 3.05) is 19.6 Å². The molecule has 224 valence electrons. The number of carbonyl (C=O) groups is 2. The minimum atomic E-state index is -0.469. The molecule has 0 saturated carbocycles. The number of hydrogen-bond donors (Lipinski definition) is 1. The first-order valence-corrected chi connectivity index (χ1v) is 15.4. The fourth-order valence-electron chi connectivity index (χ4n) is 6.67. The molecule has 2 aliphatic heterocycles. The summed E-state index contributed by atoms with van der Waals surface area (Å²) in [6, 6.07) is 15.7. The monoisotopic (exact) mass is 599 g/mol. The zero-order chi connectivity index (χ0) is 30.3. The number of carbonyl (C=O) groups excluding carboxylic acids is 2. The van der Waals surface area contributed by atoms with Gasteiger partial charge in [-0.25, -0.2) is 0 Å². The van der Waals surface area contributed by atoms with Crippen molar-refractivity contribution in [3.8, 4) is 11.1 Å². The van der Waals surface area contributed by atoms with E-state index >= 15 is 0 Å². The molecule has 9 heteroatoms. The molecule has 2 aliphatic rings. The number of likely N-dealkylation sites (tertiary alicyclic amines) is 1. The van der Waals surface area contributed by atoms with Gasteiger partial charge in [0, 0.05) is 55.5 Å². The number of aromatic amines is 1. The molecule has 1 fully saturated rings. The average molecular weight is 600 g/mol. The van der Waals surface area contributed by atoms with Gasteiger partial charge in [0.15, 0.2) is 11.9 Å². The molecule has 43 heavy (non-hydrogen) atoms. The van der Waals surface area contributed by atoms with Gasteiger partial charge >= 0.3 is 0 Å². The highest BCUT2D eigenvalue weighted by molar-refractivity contribution is 6.35. The number of rotatable bonds is 5. The van der Waals surface area contributed by atoms with Gasteiger partial charge in [-0.15, -0.1) is 0 Å². The van der Waals surface area contributed by atoms with Gasteiger partial charge in [-0.3, -0.25) is 14.7 Å². The fraction of sp³-hybridized carbons (Fsp3) is 0.412. The molecule has 2 amide bonds. The average Bonchev–Trinajstić information content (AvgIpc) is 3.44. The molecule has 1 saturated heterocycles. The SMILES string of the molecule is CC(C)(C)CN1Cc2c(cc(Cl)c3[nH]ncc23)C[C@@H](CC(=O)N2CCC(c3ccc(-c4ccccc4)c[n+]3[O-])CC2)C1=O. The van der Waals surface area contributed by atoms with Gasteiger partial charge in [0.05, 0.1) is 22.7 Å². The number of aromatic nitrogens is 3. The molecule has 8 nitrogen and oxygen atoms in total. The summed E-state index contributed by atoms with van der Waals surface area (Å²) < 4.78 is 0.984. The summed E-state index contributed by atoms with van der Waals surface area (Å²) in [5.74, 6) is -0.392. The molecular weight excluding hydrogens is 562 g/mol. The number of benzene rings is 2. The molecule has 4 aromatic rings. The lowest BCUT2D eigenvalue weighted by Gasteiger charge is -2.33. The van der Waals surface area contributed by atoms with Crippen LogP contribution in [0.2, 0.25) is 5.02 Å². The Morgan fingerprint density at radius 3 is 2.56 bits per heavy atom. The van der Waals surface area contributed by atoms with E-state index in [2.05, 4.69) is 31.0 Å². The highest BCUT2D eigenvalue weighted by atomic mass is 35.5. The number of nitrogens with zero attached hydrogens (tertiary/aromatic N) is 4.